The zero-order valence-electron chi connectivity index (χ0n) is 11.9. The van der Waals surface area contributed by atoms with Gasteiger partial charge in [0.2, 0.25) is 0 Å². The predicted octanol–water partition coefficient (Wildman–Crippen LogP) is 2.41. The van der Waals surface area contributed by atoms with E-state index < -0.39 is 0 Å². The third-order valence-corrected chi connectivity index (χ3v) is 3.54. The van der Waals surface area contributed by atoms with E-state index in [-0.39, 0.29) is 6.03 Å². The van der Waals surface area contributed by atoms with Crippen molar-refractivity contribution in [1.82, 2.24) is 15.2 Å². The normalized spacial score (nSPS) is 10.5. The van der Waals surface area contributed by atoms with Crippen LogP contribution >= 0.6 is 11.3 Å². The van der Waals surface area contributed by atoms with Crippen LogP contribution in [0.5, 0.6) is 0 Å². The summed E-state index contributed by atoms with van der Waals surface area (Å²) in [4.78, 5) is 17.8. The van der Waals surface area contributed by atoms with Crippen LogP contribution < -0.4 is 5.32 Å². The van der Waals surface area contributed by atoms with Gasteiger partial charge in [0.15, 0.2) is 0 Å². The molecule has 0 radical (unpaired) electrons. The Kier molecular flexibility index (Phi) is 7.43. The number of nitrogens with zero attached hydrogens (tertiary/aromatic N) is 2. The number of carbonyl (C=O) groups is 1. The number of rotatable bonds is 8. The fourth-order valence-electron chi connectivity index (χ4n) is 1.67. The van der Waals surface area contributed by atoms with Gasteiger partial charge in [0, 0.05) is 32.7 Å². The van der Waals surface area contributed by atoms with Gasteiger partial charge in [-0.15, -0.1) is 11.3 Å². The van der Waals surface area contributed by atoms with E-state index in [1.165, 1.54) is 0 Å². The summed E-state index contributed by atoms with van der Waals surface area (Å²) in [5.41, 5.74) is 0.945. The van der Waals surface area contributed by atoms with Crippen molar-refractivity contribution >= 4 is 17.4 Å². The Balaban J connectivity index is 2.14. The van der Waals surface area contributed by atoms with Crippen molar-refractivity contribution < 1.29 is 9.53 Å². The van der Waals surface area contributed by atoms with Crippen molar-refractivity contribution in [2.45, 2.75) is 32.7 Å². The number of thiazole rings is 1. The lowest BCUT2D eigenvalue weighted by Gasteiger charge is -2.16. The van der Waals surface area contributed by atoms with Crippen molar-refractivity contribution in [3.05, 3.63) is 16.1 Å². The van der Waals surface area contributed by atoms with E-state index in [0.29, 0.717) is 13.1 Å². The number of unbranched alkanes of at least 4 members (excludes halogenated alkanes) is 2. The van der Waals surface area contributed by atoms with E-state index in [2.05, 4.69) is 10.3 Å². The molecule has 0 aliphatic heterocycles. The number of carbonyl (C=O) groups excluding carboxylic acids is 1. The third kappa shape index (κ3) is 6.54. The van der Waals surface area contributed by atoms with E-state index >= 15 is 0 Å². The predicted molar refractivity (Wildman–Crippen MR) is 77.4 cm³/mol. The molecule has 19 heavy (non-hydrogen) atoms. The molecule has 1 rings (SSSR count). The molecular formula is C13H23N3O2S. The molecule has 0 saturated carbocycles. The molecule has 0 spiro atoms. The number of urea groups is 1. The van der Waals surface area contributed by atoms with Crippen LogP contribution in [0.4, 0.5) is 4.79 Å². The lowest BCUT2D eigenvalue weighted by molar-refractivity contribution is 0.191. The molecule has 0 saturated heterocycles. The fraction of sp³-hybridized carbons (Fsp3) is 0.692. The van der Waals surface area contributed by atoms with Gasteiger partial charge in [-0.25, -0.2) is 9.78 Å². The highest BCUT2D eigenvalue weighted by atomic mass is 32.1. The first-order valence-corrected chi connectivity index (χ1v) is 7.40. The van der Waals surface area contributed by atoms with Crippen molar-refractivity contribution in [1.29, 1.82) is 0 Å². The topological polar surface area (TPSA) is 54.5 Å². The molecule has 6 heteroatoms. The Morgan fingerprint density at radius 2 is 2.26 bits per heavy atom. The van der Waals surface area contributed by atoms with Gasteiger partial charge in [0.05, 0.1) is 17.2 Å². The molecule has 1 aromatic heterocycles. The highest BCUT2D eigenvalue weighted by molar-refractivity contribution is 7.09. The fourth-order valence-corrected chi connectivity index (χ4v) is 2.28. The van der Waals surface area contributed by atoms with Gasteiger partial charge >= 0.3 is 6.03 Å². The van der Waals surface area contributed by atoms with Gasteiger partial charge in [0.1, 0.15) is 0 Å². The lowest BCUT2D eigenvalue weighted by Crippen LogP contribution is -2.37. The van der Waals surface area contributed by atoms with Crippen LogP contribution in [0.15, 0.2) is 5.38 Å². The van der Waals surface area contributed by atoms with Crippen molar-refractivity contribution in [3.8, 4) is 0 Å². The Labute approximate surface area is 119 Å². The maximum atomic E-state index is 11.8. The molecule has 2 amide bonds. The summed E-state index contributed by atoms with van der Waals surface area (Å²) in [5.74, 6) is 0. The largest absolute Gasteiger partial charge is 0.385 e. The van der Waals surface area contributed by atoms with Gasteiger partial charge in [-0.3, -0.25) is 0 Å². The van der Waals surface area contributed by atoms with Gasteiger partial charge in [0.25, 0.3) is 0 Å². The molecule has 108 valence electrons. The molecule has 0 bridgehead atoms. The summed E-state index contributed by atoms with van der Waals surface area (Å²) in [5, 5.41) is 5.93. The van der Waals surface area contributed by atoms with Crippen molar-refractivity contribution in [3.63, 3.8) is 0 Å². The number of amides is 2. The Bertz CT molecular complexity index is 382. The maximum Gasteiger partial charge on any atom is 0.317 e. The first kappa shape index (κ1) is 15.9. The van der Waals surface area contributed by atoms with Crippen LogP contribution in [0.2, 0.25) is 0 Å². The molecule has 1 N–H and O–H groups in total. The number of hydrogen-bond acceptors (Lipinski definition) is 4. The lowest BCUT2D eigenvalue weighted by atomic mass is 10.2. The Morgan fingerprint density at radius 3 is 2.89 bits per heavy atom. The molecule has 0 atom stereocenters. The summed E-state index contributed by atoms with van der Waals surface area (Å²) in [6.45, 7) is 4.02. The van der Waals surface area contributed by atoms with E-state index in [4.69, 9.17) is 4.74 Å². The minimum Gasteiger partial charge on any atom is -0.385 e. The van der Waals surface area contributed by atoms with Crippen LogP contribution in [0, 0.1) is 6.92 Å². The monoisotopic (exact) mass is 285 g/mol. The summed E-state index contributed by atoms with van der Waals surface area (Å²) < 4.78 is 4.97. The molecule has 1 heterocycles. The molecular weight excluding hydrogens is 262 g/mol. The molecule has 0 unspecified atom stereocenters. The zero-order valence-corrected chi connectivity index (χ0v) is 12.8. The zero-order chi connectivity index (χ0) is 14.1. The van der Waals surface area contributed by atoms with Crippen LogP contribution in [0.25, 0.3) is 0 Å². The van der Waals surface area contributed by atoms with Crippen LogP contribution in [-0.4, -0.2) is 43.2 Å². The Morgan fingerprint density at radius 1 is 1.47 bits per heavy atom. The highest BCUT2D eigenvalue weighted by Crippen LogP contribution is 2.09. The number of hydrogen-bond donors (Lipinski definition) is 1. The van der Waals surface area contributed by atoms with Crippen molar-refractivity contribution in [2.75, 3.05) is 27.3 Å². The molecule has 0 fully saturated rings. The summed E-state index contributed by atoms with van der Waals surface area (Å²) in [6.07, 6.45) is 3.10. The van der Waals surface area contributed by atoms with E-state index in [1.54, 1.807) is 30.4 Å². The quantitative estimate of drug-likeness (QED) is 0.746. The summed E-state index contributed by atoms with van der Waals surface area (Å²) in [7, 11) is 3.49. The molecule has 0 aromatic carbocycles. The minimum atomic E-state index is -0.0441. The number of nitrogens with one attached hydrogen (secondary N) is 1. The highest BCUT2D eigenvalue weighted by Gasteiger charge is 2.09. The van der Waals surface area contributed by atoms with Gasteiger partial charge in [-0.1, -0.05) is 0 Å². The summed E-state index contributed by atoms with van der Waals surface area (Å²) in [6, 6.07) is -0.0441. The minimum absolute atomic E-state index is 0.0441. The molecule has 0 aliphatic rings. The van der Waals surface area contributed by atoms with Crippen LogP contribution in [0.1, 0.15) is 30.0 Å². The number of ether oxygens (including phenoxy) is 1. The maximum absolute atomic E-state index is 11.8. The van der Waals surface area contributed by atoms with Gasteiger partial charge in [-0.05, 0) is 26.2 Å². The molecule has 1 aromatic rings. The van der Waals surface area contributed by atoms with Gasteiger partial charge in [-0.2, -0.15) is 0 Å². The number of aryl methyl sites for hydroxylation is 1. The molecule has 5 nitrogen and oxygen atoms in total. The third-order valence-electron chi connectivity index (χ3n) is 2.71. The second-order valence-corrected chi connectivity index (χ2v) is 5.56. The average Bonchev–Trinajstić information content (AvgIpc) is 2.78. The summed E-state index contributed by atoms with van der Waals surface area (Å²) >= 11 is 1.61. The van der Waals surface area contributed by atoms with E-state index in [1.807, 2.05) is 12.3 Å². The van der Waals surface area contributed by atoms with Gasteiger partial charge < -0.3 is 15.0 Å². The average molecular weight is 285 g/mol. The standard InChI is InChI=1S/C13H23N3O2S/c1-11-15-12(10-19-11)9-16(2)13(17)14-7-5-4-6-8-18-3/h10H,4-9H2,1-3H3,(H,14,17). The van der Waals surface area contributed by atoms with Crippen LogP contribution in [0.3, 0.4) is 0 Å². The number of methoxy groups -OCH3 is 1. The molecule has 0 aliphatic carbocycles. The Hall–Kier alpha value is -1.14. The van der Waals surface area contributed by atoms with Crippen LogP contribution in [-0.2, 0) is 11.3 Å². The first-order chi connectivity index (χ1) is 9.13. The van der Waals surface area contributed by atoms with Crippen molar-refractivity contribution in [2.24, 2.45) is 0 Å². The van der Waals surface area contributed by atoms with E-state index in [9.17, 15) is 4.79 Å². The number of aromatic nitrogens is 1. The second-order valence-electron chi connectivity index (χ2n) is 4.50. The SMILES string of the molecule is COCCCCCNC(=O)N(C)Cc1csc(C)n1. The smallest absolute Gasteiger partial charge is 0.317 e. The second kappa shape index (κ2) is 8.87. The first-order valence-electron chi connectivity index (χ1n) is 6.52. The van der Waals surface area contributed by atoms with E-state index in [0.717, 1.165) is 36.6 Å².